The molecule has 21 heavy (non-hydrogen) atoms. The van der Waals surface area contributed by atoms with Crippen molar-refractivity contribution in [2.45, 2.75) is 6.42 Å². The Hall–Kier alpha value is -0.910. The normalized spacial score (nSPS) is 19.2. The van der Waals surface area contributed by atoms with Crippen LogP contribution in [0.5, 0.6) is 5.75 Å². The molecule has 1 fully saturated rings. The number of carbonyl (C=O) groups is 1. The van der Waals surface area contributed by atoms with Crippen LogP contribution in [0.2, 0.25) is 0 Å². The third-order valence-electron chi connectivity index (χ3n) is 3.95. The lowest BCUT2D eigenvalue weighted by Crippen LogP contribution is -2.31. The van der Waals surface area contributed by atoms with E-state index in [1.165, 1.54) is 6.42 Å². The molecule has 1 heterocycles. The fourth-order valence-electron chi connectivity index (χ4n) is 2.86. The molecule has 0 spiro atoms. The second-order valence-electron chi connectivity index (χ2n) is 5.89. The summed E-state index contributed by atoms with van der Waals surface area (Å²) in [5, 5.41) is 0. The Bertz CT molecular complexity index is 507. The van der Waals surface area contributed by atoms with Gasteiger partial charge in [0.2, 0.25) is 0 Å². The minimum absolute atomic E-state index is 0.146. The average Bonchev–Trinajstić information content (AvgIpc) is 2.83. The highest BCUT2D eigenvalue weighted by atomic mass is 79.9. The smallest absolute Gasteiger partial charge is 0.176 e. The molecular weight excluding hydrogens is 332 g/mol. The molecule has 0 N–H and O–H groups in total. The predicted octanol–water partition coefficient (Wildman–Crippen LogP) is 2.52. The van der Waals surface area contributed by atoms with E-state index >= 15 is 0 Å². The number of nitrogens with zero attached hydrogens (tertiary/aromatic N) is 2. The topological polar surface area (TPSA) is 32.8 Å². The number of benzene rings is 1. The van der Waals surface area contributed by atoms with E-state index in [0.717, 1.165) is 35.4 Å². The molecule has 0 saturated carbocycles. The van der Waals surface area contributed by atoms with Gasteiger partial charge in [0.15, 0.2) is 5.78 Å². The number of ether oxygens (including phenoxy) is 1. The van der Waals surface area contributed by atoms with Gasteiger partial charge >= 0.3 is 0 Å². The van der Waals surface area contributed by atoms with Crippen molar-refractivity contribution < 1.29 is 9.53 Å². The van der Waals surface area contributed by atoms with Gasteiger partial charge in [0.05, 0.1) is 18.1 Å². The van der Waals surface area contributed by atoms with E-state index in [4.69, 9.17) is 4.74 Å². The molecule has 0 radical (unpaired) electrons. The molecule has 116 valence electrons. The molecule has 4 nitrogen and oxygen atoms in total. The van der Waals surface area contributed by atoms with Crippen LogP contribution < -0.4 is 4.74 Å². The van der Waals surface area contributed by atoms with Crippen molar-refractivity contribution in [2.24, 2.45) is 5.92 Å². The molecule has 1 saturated heterocycles. The third-order valence-corrected chi connectivity index (χ3v) is 4.57. The number of ketones is 1. The standard InChI is InChI=1S/C16H23BrN2O2/c1-18-7-6-12(9-18)10-19(2)11-15(20)13-4-5-16(21-3)14(17)8-13/h4-5,8,12H,6-7,9-11H2,1-3H3. The van der Waals surface area contributed by atoms with Crippen molar-refractivity contribution in [3.8, 4) is 5.75 Å². The molecule has 1 aliphatic heterocycles. The second kappa shape index (κ2) is 7.38. The fraction of sp³-hybridized carbons (Fsp3) is 0.562. The first-order valence-electron chi connectivity index (χ1n) is 7.23. The van der Waals surface area contributed by atoms with Crippen LogP contribution in [0.1, 0.15) is 16.8 Å². The molecule has 0 aromatic heterocycles. The van der Waals surface area contributed by atoms with Crippen LogP contribution in [0, 0.1) is 5.92 Å². The Labute approximate surface area is 135 Å². The summed E-state index contributed by atoms with van der Waals surface area (Å²) in [5.41, 5.74) is 0.720. The number of likely N-dealkylation sites (tertiary alicyclic amines) is 1. The van der Waals surface area contributed by atoms with E-state index in [1.54, 1.807) is 7.11 Å². The minimum Gasteiger partial charge on any atom is -0.496 e. The number of hydrogen-bond acceptors (Lipinski definition) is 4. The molecule has 5 heteroatoms. The van der Waals surface area contributed by atoms with Gasteiger partial charge in [-0.1, -0.05) is 0 Å². The van der Waals surface area contributed by atoms with E-state index in [1.807, 2.05) is 25.2 Å². The monoisotopic (exact) mass is 354 g/mol. The maximum absolute atomic E-state index is 12.3. The number of Topliss-reactive ketones (excluding diaryl/α,β-unsaturated/α-hetero) is 1. The van der Waals surface area contributed by atoms with Gasteiger partial charge in [-0.15, -0.1) is 0 Å². The van der Waals surface area contributed by atoms with Crippen molar-refractivity contribution in [1.82, 2.24) is 9.80 Å². The lowest BCUT2D eigenvalue weighted by molar-refractivity contribution is 0.0938. The van der Waals surface area contributed by atoms with Crippen LogP contribution in [0.15, 0.2) is 22.7 Å². The van der Waals surface area contributed by atoms with E-state index in [2.05, 4.69) is 32.8 Å². The van der Waals surface area contributed by atoms with Crippen LogP contribution in [0.25, 0.3) is 0 Å². The Balaban J connectivity index is 1.90. The minimum atomic E-state index is 0.146. The maximum Gasteiger partial charge on any atom is 0.176 e. The van der Waals surface area contributed by atoms with E-state index in [-0.39, 0.29) is 5.78 Å². The molecule has 1 atom stereocenters. The number of rotatable bonds is 6. The zero-order chi connectivity index (χ0) is 15.4. The lowest BCUT2D eigenvalue weighted by Gasteiger charge is -2.20. The molecule has 1 aromatic rings. The summed E-state index contributed by atoms with van der Waals surface area (Å²) in [5.74, 6) is 1.57. The van der Waals surface area contributed by atoms with Gasteiger partial charge in [-0.3, -0.25) is 9.69 Å². The van der Waals surface area contributed by atoms with Crippen molar-refractivity contribution in [3.63, 3.8) is 0 Å². The predicted molar refractivity (Wildman–Crippen MR) is 88.1 cm³/mol. The lowest BCUT2D eigenvalue weighted by atomic mass is 10.1. The van der Waals surface area contributed by atoms with E-state index in [9.17, 15) is 4.79 Å². The van der Waals surface area contributed by atoms with Crippen molar-refractivity contribution in [2.75, 3.05) is 47.4 Å². The first-order chi connectivity index (χ1) is 9.99. The molecule has 0 amide bonds. The van der Waals surface area contributed by atoms with Crippen LogP contribution in [0.3, 0.4) is 0 Å². The number of methoxy groups -OCH3 is 1. The van der Waals surface area contributed by atoms with Crippen molar-refractivity contribution >= 4 is 21.7 Å². The Morgan fingerprint density at radius 2 is 2.29 bits per heavy atom. The summed E-state index contributed by atoms with van der Waals surface area (Å²) in [6.07, 6.45) is 1.23. The highest BCUT2D eigenvalue weighted by Crippen LogP contribution is 2.25. The fourth-order valence-corrected chi connectivity index (χ4v) is 3.40. The zero-order valence-electron chi connectivity index (χ0n) is 12.9. The van der Waals surface area contributed by atoms with Crippen LogP contribution in [0.4, 0.5) is 0 Å². The average molecular weight is 355 g/mol. The summed E-state index contributed by atoms with van der Waals surface area (Å²) in [7, 11) is 5.79. The SMILES string of the molecule is COc1ccc(C(=O)CN(C)CC2CCN(C)C2)cc1Br. The van der Waals surface area contributed by atoms with E-state index < -0.39 is 0 Å². The summed E-state index contributed by atoms with van der Waals surface area (Å²) >= 11 is 3.42. The van der Waals surface area contributed by atoms with E-state index in [0.29, 0.717) is 12.5 Å². The molecule has 0 bridgehead atoms. The first kappa shape index (κ1) is 16.5. The number of likely N-dealkylation sites (N-methyl/N-ethyl adjacent to an activating group) is 1. The number of carbonyl (C=O) groups excluding carboxylic acids is 1. The molecule has 2 rings (SSSR count). The second-order valence-corrected chi connectivity index (χ2v) is 6.74. The molecule has 1 aromatic carbocycles. The van der Waals surface area contributed by atoms with Crippen molar-refractivity contribution in [3.05, 3.63) is 28.2 Å². The van der Waals surface area contributed by atoms with Gasteiger partial charge < -0.3 is 9.64 Å². The van der Waals surface area contributed by atoms with Crippen molar-refractivity contribution in [1.29, 1.82) is 0 Å². The third kappa shape index (κ3) is 4.53. The largest absolute Gasteiger partial charge is 0.496 e. The summed E-state index contributed by atoms with van der Waals surface area (Å²) in [4.78, 5) is 16.8. The summed E-state index contributed by atoms with van der Waals surface area (Å²) in [6.45, 7) is 3.73. The quantitative estimate of drug-likeness (QED) is 0.735. The Morgan fingerprint density at radius 3 is 2.86 bits per heavy atom. The number of hydrogen-bond donors (Lipinski definition) is 0. The first-order valence-corrected chi connectivity index (χ1v) is 8.02. The van der Waals surface area contributed by atoms with Gasteiger partial charge in [0, 0.05) is 18.7 Å². The van der Waals surface area contributed by atoms with Crippen LogP contribution in [-0.2, 0) is 0 Å². The number of halogens is 1. The van der Waals surface area contributed by atoms with Gasteiger partial charge in [0.1, 0.15) is 5.75 Å². The highest BCUT2D eigenvalue weighted by Gasteiger charge is 2.21. The van der Waals surface area contributed by atoms with Gasteiger partial charge in [-0.25, -0.2) is 0 Å². The summed E-state index contributed by atoms with van der Waals surface area (Å²) in [6, 6.07) is 5.48. The molecular formula is C16H23BrN2O2. The molecule has 0 aliphatic carbocycles. The van der Waals surface area contributed by atoms with Crippen LogP contribution >= 0.6 is 15.9 Å². The Kier molecular flexibility index (Phi) is 5.79. The molecule has 1 unspecified atom stereocenters. The summed E-state index contributed by atoms with van der Waals surface area (Å²) < 4.78 is 6.00. The van der Waals surface area contributed by atoms with Gasteiger partial charge in [-0.05, 0) is 67.1 Å². The van der Waals surface area contributed by atoms with Gasteiger partial charge in [0.25, 0.3) is 0 Å². The maximum atomic E-state index is 12.3. The molecule has 1 aliphatic rings. The zero-order valence-corrected chi connectivity index (χ0v) is 14.5. The van der Waals surface area contributed by atoms with Gasteiger partial charge in [-0.2, -0.15) is 0 Å². The highest BCUT2D eigenvalue weighted by molar-refractivity contribution is 9.10. The van der Waals surface area contributed by atoms with Crippen LogP contribution in [-0.4, -0.2) is 63.0 Å². The Morgan fingerprint density at radius 1 is 1.52 bits per heavy atom.